The van der Waals surface area contributed by atoms with Crippen LogP contribution in [0.3, 0.4) is 0 Å². The second kappa shape index (κ2) is 9.26. The Morgan fingerprint density at radius 2 is 1.86 bits per heavy atom. The van der Waals surface area contributed by atoms with Gasteiger partial charge < -0.3 is 19.9 Å². The second-order valence-corrected chi connectivity index (χ2v) is 6.81. The van der Waals surface area contributed by atoms with Crippen LogP contribution < -0.4 is 15.0 Å². The molecule has 0 aromatic heterocycles. The Hall–Kier alpha value is -3.02. The maximum Gasteiger partial charge on any atom is 0.247 e. The van der Waals surface area contributed by atoms with Crippen molar-refractivity contribution in [3.8, 4) is 5.75 Å². The Morgan fingerprint density at radius 1 is 1.14 bits per heavy atom. The van der Waals surface area contributed by atoms with Crippen LogP contribution in [0, 0.1) is 0 Å². The first-order valence-electron chi connectivity index (χ1n) is 9.66. The highest BCUT2D eigenvalue weighted by Crippen LogP contribution is 2.22. The number of ether oxygens (including phenoxy) is 1. The van der Waals surface area contributed by atoms with E-state index in [1.165, 1.54) is 0 Å². The molecule has 2 amide bonds. The molecule has 1 N–H and O–H groups in total. The molecule has 1 saturated heterocycles. The third-order valence-corrected chi connectivity index (χ3v) is 5.06. The lowest BCUT2D eigenvalue weighted by Gasteiger charge is -2.28. The van der Waals surface area contributed by atoms with E-state index in [1.54, 1.807) is 36.3 Å². The first-order valence-corrected chi connectivity index (χ1v) is 9.66. The fraction of sp³-hybridized carbons (Fsp3) is 0.364. The number of likely N-dealkylation sites (tertiary alicyclic amines) is 1. The van der Waals surface area contributed by atoms with Crippen molar-refractivity contribution in [3.63, 3.8) is 0 Å². The highest BCUT2D eigenvalue weighted by atomic mass is 16.5. The number of carbonyl (C=O) groups excluding carboxylic acids is 2. The maximum atomic E-state index is 12.9. The second-order valence-electron chi connectivity index (χ2n) is 6.81. The number of likely N-dealkylation sites (N-methyl/N-ethyl adjacent to an activating group) is 1. The maximum absolute atomic E-state index is 12.9. The van der Waals surface area contributed by atoms with Gasteiger partial charge in [0.2, 0.25) is 11.8 Å². The van der Waals surface area contributed by atoms with Crippen molar-refractivity contribution in [2.24, 2.45) is 0 Å². The van der Waals surface area contributed by atoms with E-state index < -0.39 is 6.04 Å². The van der Waals surface area contributed by atoms with Gasteiger partial charge in [-0.15, -0.1) is 0 Å². The molecule has 1 aliphatic heterocycles. The van der Waals surface area contributed by atoms with Gasteiger partial charge in [-0.2, -0.15) is 0 Å². The van der Waals surface area contributed by atoms with E-state index >= 15 is 0 Å². The molecule has 2 aromatic rings. The number of hydrogen-bond donors (Lipinski definition) is 1. The highest BCUT2D eigenvalue weighted by Gasteiger charge is 2.34. The molecule has 1 fully saturated rings. The number of nitrogens with zero attached hydrogens (tertiary/aromatic N) is 2. The van der Waals surface area contributed by atoms with Gasteiger partial charge in [0, 0.05) is 24.5 Å². The Labute approximate surface area is 166 Å². The zero-order chi connectivity index (χ0) is 19.9. The first-order chi connectivity index (χ1) is 13.6. The van der Waals surface area contributed by atoms with E-state index in [9.17, 15) is 9.59 Å². The standard InChI is InChI=1S/C22H27N3O3/c1-3-24(18-8-5-4-6-9-18)16-21(26)25-15-7-10-20(25)22(27)23-17-11-13-19(28-2)14-12-17/h4-6,8-9,11-14,20H,3,7,10,15-16H2,1-2H3,(H,23,27). The molecule has 0 spiro atoms. The summed E-state index contributed by atoms with van der Waals surface area (Å²) in [5.74, 6) is 0.577. The van der Waals surface area contributed by atoms with Gasteiger partial charge in [-0.25, -0.2) is 0 Å². The highest BCUT2D eigenvalue weighted by molar-refractivity contribution is 5.98. The van der Waals surface area contributed by atoms with Gasteiger partial charge in [0.25, 0.3) is 0 Å². The van der Waals surface area contributed by atoms with Gasteiger partial charge in [0.1, 0.15) is 11.8 Å². The lowest BCUT2D eigenvalue weighted by molar-refractivity contribution is -0.135. The number of rotatable bonds is 7. The smallest absolute Gasteiger partial charge is 0.247 e. The predicted molar refractivity (Wildman–Crippen MR) is 111 cm³/mol. The van der Waals surface area contributed by atoms with E-state index in [4.69, 9.17) is 4.74 Å². The zero-order valence-electron chi connectivity index (χ0n) is 16.4. The summed E-state index contributed by atoms with van der Waals surface area (Å²) in [4.78, 5) is 29.4. The summed E-state index contributed by atoms with van der Waals surface area (Å²) in [5, 5.41) is 2.92. The Morgan fingerprint density at radius 3 is 2.50 bits per heavy atom. The van der Waals surface area contributed by atoms with Gasteiger partial charge in [0.15, 0.2) is 0 Å². The zero-order valence-corrected chi connectivity index (χ0v) is 16.4. The number of carbonyl (C=O) groups is 2. The summed E-state index contributed by atoms with van der Waals surface area (Å²) in [6, 6.07) is 16.6. The normalized spacial score (nSPS) is 15.9. The Bertz CT molecular complexity index is 792. The van der Waals surface area contributed by atoms with Gasteiger partial charge in [-0.05, 0) is 56.2 Å². The molecule has 1 aliphatic rings. The average molecular weight is 381 g/mol. The monoisotopic (exact) mass is 381 g/mol. The molecule has 6 heteroatoms. The first kappa shape index (κ1) is 19.7. The predicted octanol–water partition coefficient (Wildman–Crippen LogP) is 3.15. The molecule has 0 aliphatic carbocycles. The molecule has 1 unspecified atom stereocenters. The lowest BCUT2D eigenvalue weighted by atomic mass is 10.2. The van der Waals surface area contributed by atoms with Gasteiger partial charge in [0.05, 0.1) is 13.7 Å². The minimum absolute atomic E-state index is 0.0157. The van der Waals surface area contributed by atoms with E-state index in [0.717, 1.165) is 24.4 Å². The Kier molecular flexibility index (Phi) is 6.53. The van der Waals surface area contributed by atoms with Crippen molar-refractivity contribution in [2.75, 3.05) is 37.0 Å². The molecular weight excluding hydrogens is 354 g/mol. The number of amides is 2. The fourth-order valence-electron chi connectivity index (χ4n) is 3.52. The summed E-state index contributed by atoms with van der Waals surface area (Å²) in [6.45, 7) is 3.64. The van der Waals surface area contributed by atoms with E-state index in [-0.39, 0.29) is 18.4 Å². The molecule has 1 heterocycles. The van der Waals surface area contributed by atoms with Crippen LogP contribution in [0.2, 0.25) is 0 Å². The van der Waals surface area contributed by atoms with E-state index in [0.29, 0.717) is 18.7 Å². The third-order valence-electron chi connectivity index (χ3n) is 5.06. The van der Waals surface area contributed by atoms with Crippen LogP contribution in [0.5, 0.6) is 5.75 Å². The quantitative estimate of drug-likeness (QED) is 0.800. The molecule has 0 radical (unpaired) electrons. The number of para-hydroxylation sites is 1. The number of anilines is 2. The van der Waals surface area contributed by atoms with Crippen molar-refractivity contribution >= 4 is 23.2 Å². The molecular formula is C22H27N3O3. The van der Waals surface area contributed by atoms with Gasteiger partial charge in [-0.1, -0.05) is 18.2 Å². The number of methoxy groups -OCH3 is 1. The topological polar surface area (TPSA) is 61.9 Å². The molecule has 0 saturated carbocycles. The van der Waals surface area contributed by atoms with Crippen molar-refractivity contribution in [1.29, 1.82) is 0 Å². The molecule has 6 nitrogen and oxygen atoms in total. The number of nitrogens with one attached hydrogen (secondary N) is 1. The van der Waals surface area contributed by atoms with Crippen LogP contribution >= 0.6 is 0 Å². The van der Waals surface area contributed by atoms with E-state index in [2.05, 4.69) is 5.32 Å². The van der Waals surface area contributed by atoms with Crippen molar-refractivity contribution in [1.82, 2.24) is 4.90 Å². The van der Waals surface area contributed by atoms with Gasteiger partial charge in [-0.3, -0.25) is 9.59 Å². The average Bonchev–Trinajstić information content (AvgIpc) is 3.23. The van der Waals surface area contributed by atoms with Gasteiger partial charge >= 0.3 is 0 Å². The van der Waals surface area contributed by atoms with E-state index in [1.807, 2.05) is 42.2 Å². The summed E-state index contributed by atoms with van der Waals surface area (Å²) in [5.41, 5.74) is 1.71. The number of benzene rings is 2. The fourth-order valence-corrected chi connectivity index (χ4v) is 3.52. The minimum Gasteiger partial charge on any atom is -0.497 e. The van der Waals surface area contributed by atoms with Crippen LogP contribution in [0.15, 0.2) is 54.6 Å². The number of hydrogen-bond acceptors (Lipinski definition) is 4. The van der Waals surface area contributed by atoms with Crippen LogP contribution in [0.25, 0.3) is 0 Å². The Balaban J connectivity index is 1.64. The van der Waals surface area contributed by atoms with Crippen LogP contribution in [0.1, 0.15) is 19.8 Å². The lowest BCUT2D eigenvalue weighted by Crippen LogP contribution is -2.47. The van der Waals surface area contributed by atoms with Crippen molar-refractivity contribution in [2.45, 2.75) is 25.8 Å². The van der Waals surface area contributed by atoms with Crippen LogP contribution in [0.4, 0.5) is 11.4 Å². The van der Waals surface area contributed by atoms with Crippen LogP contribution in [-0.4, -0.2) is 49.5 Å². The van der Waals surface area contributed by atoms with Crippen molar-refractivity contribution in [3.05, 3.63) is 54.6 Å². The molecule has 148 valence electrons. The molecule has 28 heavy (non-hydrogen) atoms. The molecule has 1 atom stereocenters. The summed E-state index contributed by atoms with van der Waals surface area (Å²) in [6.07, 6.45) is 1.52. The summed E-state index contributed by atoms with van der Waals surface area (Å²) < 4.78 is 5.14. The summed E-state index contributed by atoms with van der Waals surface area (Å²) >= 11 is 0. The van der Waals surface area contributed by atoms with Crippen molar-refractivity contribution < 1.29 is 14.3 Å². The largest absolute Gasteiger partial charge is 0.497 e. The molecule has 3 rings (SSSR count). The van der Waals surface area contributed by atoms with Crippen LogP contribution in [-0.2, 0) is 9.59 Å². The SMILES string of the molecule is CCN(CC(=O)N1CCCC1C(=O)Nc1ccc(OC)cc1)c1ccccc1. The third kappa shape index (κ3) is 4.63. The molecule has 2 aromatic carbocycles. The minimum atomic E-state index is -0.427. The summed E-state index contributed by atoms with van der Waals surface area (Å²) in [7, 11) is 1.60. The molecule has 0 bridgehead atoms.